The minimum Gasteiger partial charge on any atom is -0.480 e. The molecule has 3 aromatic rings. The summed E-state index contributed by atoms with van der Waals surface area (Å²) in [6.07, 6.45) is 4.58. The maximum atomic E-state index is 12.6. The predicted molar refractivity (Wildman–Crippen MR) is 112 cm³/mol. The van der Waals surface area contributed by atoms with Crippen molar-refractivity contribution in [2.45, 2.75) is 38.3 Å². The molecule has 8 heteroatoms. The third-order valence-corrected chi connectivity index (χ3v) is 5.51. The number of ether oxygens (including phenoxy) is 1. The third-order valence-electron chi connectivity index (χ3n) is 5.51. The second-order valence-corrected chi connectivity index (χ2v) is 7.50. The van der Waals surface area contributed by atoms with Crippen LogP contribution >= 0.6 is 0 Å². The van der Waals surface area contributed by atoms with Gasteiger partial charge in [0.1, 0.15) is 11.4 Å². The molecule has 2 heterocycles. The number of benzene rings is 1. The molecular formula is C22H25N5O3. The number of aromatic amines is 1. The maximum Gasteiger partial charge on any atom is 0.256 e. The fraction of sp³-hybridized carbons (Fsp3) is 0.364. The summed E-state index contributed by atoms with van der Waals surface area (Å²) < 4.78 is 5.15. The van der Waals surface area contributed by atoms with E-state index < -0.39 is 0 Å². The lowest BCUT2D eigenvalue weighted by Gasteiger charge is -2.28. The van der Waals surface area contributed by atoms with Crippen LogP contribution in [0.4, 0.5) is 0 Å². The number of para-hydroxylation sites is 2. The van der Waals surface area contributed by atoms with E-state index in [4.69, 9.17) is 4.74 Å². The number of hydrogen-bond donors (Lipinski definition) is 3. The van der Waals surface area contributed by atoms with Gasteiger partial charge in [0.25, 0.3) is 5.91 Å². The molecule has 0 spiro atoms. The number of carbonyl (C=O) groups excluding carboxylic acids is 2. The summed E-state index contributed by atoms with van der Waals surface area (Å²) in [5.41, 5.74) is 2.28. The highest BCUT2D eigenvalue weighted by molar-refractivity contribution is 5.96. The van der Waals surface area contributed by atoms with Crippen molar-refractivity contribution in [2.75, 3.05) is 7.11 Å². The Morgan fingerprint density at radius 3 is 2.70 bits per heavy atom. The number of methoxy groups -OCH3 is 1. The van der Waals surface area contributed by atoms with Gasteiger partial charge in [-0.1, -0.05) is 12.1 Å². The summed E-state index contributed by atoms with van der Waals surface area (Å²) in [6.45, 7) is 0.380. The summed E-state index contributed by atoms with van der Waals surface area (Å²) >= 11 is 0. The number of rotatable bonds is 6. The second-order valence-electron chi connectivity index (χ2n) is 7.50. The van der Waals surface area contributed by atoms with Crippen LogP contribution in [0.25, 0.3) is 11.0 Å². The van der Waals surface area contributed by atoms with E-state index in [2.05, 4.69) is 25.6 Å². The molecule has 30 heavy (non-hydrogen) atoms. The highest BCUT2D eigenvalue weighted by Crippen LogP contribution is 2.25. The van der Waals surface area contributed by atoms with Gasteiger partial charge in [-0.3, -0.25) is 9.59 Å². The van der Waals surface area contributed by atoms with Gasteiger partial charge in [-0.25, -0.2) is 9.97 Å². The number of carbonyl (C=O) groups is 2. The number of pyridine rings is 1. The van der Waals surface area contributed by atoms with Crippen LogP contribution in [0.1, 0.15) is 41.9 Å². The van der Waals surface area contributed by atoms with Crippen molar-refractivity contribution in [3.8, 4) is 5.88 Å². The molecular weight excluding hydrogens is 382 g/mol. The van der Waals surface area contributed by atoms with Crippen LogP contribution in [0, 0.1) is 5.92 Å². The molecule has 2 aromatic heterocycles. The zero-order chi connectivity index (χ0) is 20.9. The first-order valence-corrected chi connectivity index (χ1v) is 10.1. The molecule has 1 saturated carbocycles. The molecule has 1 aromatic carbocycles. The van der Waals surface area contributed by atoms with Crippen LogP contribution in [-0.2, 0) is 11.3 Å². The van der Waals surface area contributed by atoms with E-state index in [1.54, 1.807) is 18.3 Å². The Morgan fingerprint density at radius 2 is 1.93 bits per heavy atom. The van der Waals surface area contributed by atoms with Crippen molar-refractivity contribution < 1.29 is 14.3 Å². The molecule has 0 aliphatic heterocycles. The standard InChI is InChI=1S/C22H25N5O3/c1-30-22-16(5-4-12-23-22)21(29)25-15-10-8-14(9-11-15)20(28)24-13-19-26-17-6-2-3-7-18(17)27-19/h2-7,12,14-15H,8-11,13H2,1H3,(H,24,28)(H,25,29)(H,26,27). The lowest BCUT2D eigenvalue weighted by atomic mass is 9.85. The first-order chi connectivity index (χ1) is 14.6. The minimum atomic E-state index is -0.197. The molecule has 0 atom stereocenters. The minimum absolute atomic E-state index is 0.0363. The molecule has 1 fully saturated rings. The van der Waals surface area contributed by atoms with Gasteiger partial charge in [-0.05, 0) is 49.9 Å². The molecule has 0 bridgehead atoms. The molecule has 4 rings (SSSR count). The molecule has 2 amide bonds. The van der Waals surface area contributed by atoms with Gasteiger partial charge in [0, 0.05) is 18.2 Å². The largest absolute Gasteiger partial charge is 0.480 e. The number of H-pyrrole nitrogens is 1. The van der Waals surface area contributed by atoms with E-state index in [1.807, 2.05) is 24.3 Å². The van der Waals surface area contributed by atoms with Crippen molar-refractivity contribution in [2.24, 2.45) is 5.92 Å². The van der Waals surface area contributed by atoms with E-state index in [9.17, 15) is 9.59 Å². The van der Waals surface area contributed by atoms with Crippen LogP contribution in [-0.4, -0.2) is 39.9 Å². The van der Waals surface area contributed by atoms with E-state index in [0.29, 0.717) is 18.0 Å². The molecule has 3 N–H and O–H groups in total. The maximum absolute atomic E-state index is 12.6. The molecule has 1 aliphatic carbocycles. The van der Waals surface area contributed by atoms with E-state index in [-0.39, 0.29) is 23.8 Å². The van der Waals surface area contributed by atoms with Crippen molar-refractivity contribution in [3.63, 3.8) is 0 Å². The molecule has 156 valence electrons. The number of hydrogen-bond acceptors (Lipinski definition) is 5. The number of nitrogens with zero attached hydrogens (tertiary/aromatic N) is 2. The Hall–Kier alpha value is -3.42. The Kier molecular flexibility index (Phi) is 5.92. The Labute approximate surface area is 174 Å². The van der Waals surface area contributed by atoms with Crippen LogP contribution in [0.5, 0.6) is 5.88 Å². The Morgan fingerprint density at radius 1 is 1.13 bits per heavy atom. The fourth-order valence-corrected chi connectivity index (χ4v) is 3.89. The van der Waals surface area contributed by atoms with Crippen molar-refractivity contribution in [1.82, 2.24) is 25.6 Å². The van der Waals surface area contributed by atoms with E-state index >= 15 is 0 Å². The summed E-state index contributed by atoms with van der Waals surface area (Å²) in [5, 5.41) is 6.02. The van der Waals surface area contributed by atoms with Gasteiger partial charge in [0.05, 0.1) is 24.7 Å². The van der Waals surface area contributed by atoms with Gasteiger partial charge in [-0.2, -0.15) is 0 Å². The zero-order valence-corrected chi connectivity index (χ0v) is 16.9. The molecule has 0 unspecified atom stereocenters. The lowest BCUT2D eigenvalue weighted by Crippen LogP contribution is -2.41. The topological polar surface area (TPSA) is 109 Å². The fourth-order valence-electron chi connectivity index (χ4n) is 3.89. The molecule has 0 radical (unpaired) electrons. The van der Waals surface area contributed by atoms with E-state index in [0.717, 1.165) is 42.5 Å². The zero-order valence-electron chi connectivity index (χ0n) is 16.9. The van der Waals surface area contributed by atoms with Crippen LogP contribution in [0.15, 0.2) is 42.6 Å². The summed E-state index contributed by atoms with van der Waals surface area (Å²) in [6, 6.07) is 11.2. The Bertz CT molecular complexity index is 1010. The first-order valence-electron chi connectivity index (χ1n) is 10.1. The smallest absolute Gasteiger partial charge is 0.256 e. The number of imidazole rings is 1. The normalized spacial score (nSPS) is 18.7. The number of aromatic nitrogens is 3. The van der Waals surface area contributed by atoms with Crippen molar-refractivity contribution >= 4 is 22.8 Å². The quantitative estimate of drug-likeness (QED) is 0.582. The average molecular weight is 407 g/mol. The SMILES string of the molecule is COc1ncccc1C(=O)NC1CCC(C(=O)NCc2nc3ccccc3[nH]2)CC1. The Balaban J connectivity index is 1.25. The van der Waals surface area contributed by atoms with E-state index in [1.165, 1.54) is 7.11 Å². The van der Waals surface area contributed by atoms with Gasteiger partial charge >= 0.3 is 0 Å². The monoisotopic (exact) mass is 407 g/mol. The number of nitrogens with one attached hydrogen (secondary N) is 3. The highest BCUT2D eigenvalue weighted by Gasteiger charge is 2.28. The van der Waals surface area contributed by atoms with Crippen LogP contribution < -0.4 is 15.4 Å². The number of amides is 2. The van der Waals surface area contributed by atoms with Crippen molar-refractivity contribution in [3.05, 3.63) is 54.0 Å². The van der Waals surface area contributed by atoms with Gasteiger partial charge in [0.15, 0.2) is 0 Å². The first kappa shape index (κ1) is 19.9. The summed E-state index contributed by atoms with van der Waals surface area (Å²) in [5.74, 6) is 0.854. The second kappa shape index (κ2) is 8.94. The predicted octanol–water partition coefficient (Wildman–Crippen LogP) is 2.57. The lowest BCUT2D eigenvalue weighted by molar-refractivity contribution is -0.126. The van der Waals surface area contributed by atoms with Gasteiger partial charge in [-0.15, -0.1) is 0 Å². The average Bonchev–Trinajstić information content (AvgIpc) is 3.21. The molecule has 8 nitrogen and oxygen atoms in total. The number of fused-ring (bicyclic) bond motifs is 1. The van der Waals surface area contributed by atoms with Gasteiger partial charge in [0.2, 0.25) is 11.8 Å². The van der Waals surface area contributed by atoms with Crippen LogP contribution in [0.2, 0.25) is 0 Å². The highest BCUT2D eigenvalue weighted by atomic mass is 16.5. The van der Waals surface area contributed by atoms with Crippen LogP contribution in [0.3, 0.4) is 0 Å². The molecule has 1 aliphatic rings. The molecule has 0 saturated heterocycles. The third kappa shape index (κ3) is 4.42. The summed E-state index contributed by atoms with van der Waals surface area (Å²) in [4.78, 5) is 36.8. The van der Waals surface area contributed by atoms with Gasteiger partial charge < -0.3 is 20.4 Å². The van der Waals surface area contributed by atoms with Crippen molar-refractivity contribution in [1.29, 1.82) is 0 Å². The summed E-state index contributed by atoms with van der Waals surface area (Å²) in [7, 11) is 1.49.